The molecule has 0 spiro atoms. The zero-order valence-electron chi connectivity index (χ0n) is 9.47. The molecule has 0 saturated carbocycles. The smallest absolute Gasteiger partial charge is 0.0709 e. The number of hydrogen-bond donors (Lipinski definition) is 2. The molecule has 0 amide bonds. The molecule has 0 aliphatic heterocycles. The predicted octanol–water partition coefficient (Wildman–Crippen LogP) is 3.25. The first kappa shape index (κ1) is 12.5. The van der Waals surface area contributed by atoms with Gasteiger partial charge in [0.1, 0.15) is 0 Å². The normalized spacial score (nSPS) is 12.6. The molecule has 15 heavy (non-hydrogen) atoms. The minimum absolute atomic E-state index is 0.271. The van der Waals surface area contributed by atoms with Crippen LogP contribution in [0.25, 0.3) is 0 Å². The second kappa shape index (κ2) is 5.52. The van der Waals surface area contributed by atoms with Gasteiger partial charge in [0.25, 0.3) is 0 Å². The van der Waals surface area contributed by atoms with Crippen LogP contribution in [0.4, 0.5) is 5.69 Å². The Morgan fingerprint density at radius 1 is 1.33 bits per heavy atom. The van der Waals surface area contributed by atoms with Gasteiger partial charge in [-0.05, 0) is 43.5 Å². The molecule has 0 aliphatic rings. The van der Waals surface area contributed by atoms with Crippen molar-refractivity contribution in [2.24, 2.45) is 0 Å². The minimum atomic E-state index is -0.271. The Kier molecular flexibility index (Phi) is 4.61. The summed E-state index contributed by atoms with van der Waals surface area (Å²) in [4.78, 5) is 0. The van der Waals surface area contributed by atoms with E-state index in [1.807, 2.05) is 6.92 Å². The van der Waals surface area contributed by atoms with E-state index >= 15 is 0 Å². The molecule has 0 bridgehead atoms. The van der Waals surface area contributed by atoms with E-state index in [2.05, 4.69) is 47.2 Å². The molecule has 84 valence electrons. The lowest BCUT2D eigenvalue weighted by Gasteiger charge is -2.15. The fourth-order valence-electron chi connectivity index (χ4n) is 1.55. The quantitative estimate of drug-likeness (QED) is 0.881. The van der Waals surface area contributed by atoms with Crippen molar-refractivity contribution in [2.45, 2.75) is 33.3 Å². The fourth-order valence-corrected chi connectivity index (χ4v) is 2.24. The first-order valence-corrected chi connectivity index (χ1v) is 6.02. The lowest BCUT2D eigenvalue weighted by molar-refractivity contribution is 0.183. The van der Waals surface area contributed by atoms with Gasteiger partial charge in [0.15, 0.2) is 0 Å². The van der Waals surface area contributed by atoms with Crippen LogP contribution in [0.3, 0.4) is 0 Å². The van der Waals surface area contributed by atoms with Crippen LogP contribution in [-0.2, 0) is 0 Å². The Bertz CT molecular complexity index is 315. The van der Waals surface area contributed by atoms with Gasteiger partial charge in [-0.25, -0.2) is 0 Å². The largest absolute Gasteiger partial charge is 0.391 e. The average molecular weight is 272 g/mol. The lowest BCUT2D eigenvalue weighted by Crippen LogP contribution is -2.19. The van der Waals surface area contributed by atoms with Crippen LogP contribution in [0.1, 0.15) is 24.5 Å². The van der Waals surface area contributed by atoms with Crippen molar-refractivity contribution in [1.29, 1.82) is 0 Å². The Morgan fingerprint density at radius 2 is 1.87 bits per heavy atom. The highest BCUT2D eigenvalue weighted by Gasteiger charge is 2.06. The zero-order chi connectivity index (χ0) is 11.4. The summed E-state index contributed by atoms with van der Waals surface area (Å²) < 4.78 is 1.10. The molecule has 1 aromatic carbocycles. The van der Waals surface area contributed by atoms with E-state index in [0.29, 0.717) is 6.54 Å². The molecule has 0 heterocycles. The van der Waals surface area contributed by atoms with Gasteiger partial charge in [-0.3, -0.25) is 0 Å². The maximum atomic E-state index is 9.48. The highest BCUT2D eigenvalue weighted by atomic mass is 79.9. The van der Waals surface area contributed by atoms with E-state index in [-0.39, 0.29) is 6.10 Å². The summed E-state index contributed by atoms with van der Waals surface area (Å²) in [6.07, 6.45) is 0.509. The SMILES string of the molecule is CCC(O)CNc1c(C)cc(Br)cc1C. The molecular formula is C12H18BrNO. The van der Waals surface area contributed by atoms with Crippen LogP contribution in [0.5, 0.6) is 0 Å². The van der Waals surface area contributed by atoms with Gasteiger partial charge >= 0.3 is 0 Å². The third kappa shape index (κ3) is 3.50. The van der Waals surface area contributed by atoms with E-state index in [9.17, 15) is 5.11 Å². The maximum absolute atomic E-state index is 9.48. The number of anilines is 1. The molecule has 2 nitrogen and oxygen atoms in total. The highest BCUT2D eigenvalue weighted by Crippen LogP contribution is 2.24. The Balaban J connectivity index is 2.77. The number of benzene rings is 1. The lowest BCUT2D eigenvalue weighted by atomic mass is 10.1. The van der Waals surface area contributed by atoms with Gasteiger partial charge in [-0.1, -0.05) is 22.9 Å². The predicted molar refractivity (Wildman–Crippen MR) is 68.4 cm³/mol. The molecule has 1 atom stereocenters. The molecule has 1 aromatic rings. The molecule has 0 fully saturated rings. The van der Waals surface area contributed by atoms with Crippen LogP contribution in [-0.4, -0.2) is 17.8 Å². The maximum Gasteiger partial charge on any atom is 0.0709 e. The van der Waals surface area contributed by atoms with E-state index in [1.165, 1.54) is 11.1 Å². The van der Waals surface area contributed by atoms with Crippen molar-refractivity contribution >= 4 is 21.6 Å². The van der Waals surface area contributed by atoms with Gasteiger partial charge in [0.05, 0.1) is 6.10 Å². The van der Waals surface area contributed by atoms with Crippen LogP contribution in [0.15, 0.2) is 16.6 Å². The van der Waals surface area contributed by atoms with Crippen molar-refractivity contribution in [3.05, 3.63) is 27.7 Å². The molecule has 1 unspecified atom stereocenters. The zero-order valence-corrected chi connectivity index (χ0v) is 11.1. The molecule has 0 aromatic heterocycles. The van der Waals surface area contributed by atoms with Crippen LogP contribution < -0.4 is 5.32 Å². The number of aliphatic hydroxyl groups excluding tert-OH is 1. The van der Waals surface area contributed by atoms with Crippen LogP contribution in [0.2, 0.25) is 0 Å². The molecule has 3 heteroatoms. The molecule has 0 radical (unpaired) electrons. The standard InChI is InChI=1S/C12H18BrNO/c1-4-11(15)7-14-12-8(2)5-10(13)6-9(12)3/h5-6,11,14-15H,4,7H2,1-3H3. The van der Waals surface area contributed by atoms with Gasteiger partial charge in [0, 0.05) is 16.7 Å². The second-order valence-electron chi connectivity index (χ2n) is 3.86. The number of halogens is 1. The highest BCUT2D eigenvalue weighted by molar-refractivity contribution is 9.10. The molecule has 0 saturated heterocycles. The third-order valence-corrected chi connectivity index (χ3v) is 2.94. The number of aliphatic hydroxyl groups is 1. The van der Waals surface area contributed by atoms with Gasteiger partial charge < -0.3 is 10.4 Å². The van der Waals surface area contributed by atoms with Crippen LogP contribution >= 0.6 is 15.9 Å². The number of rotatable bonds is 4. The topological polar surface area (TPSA) is 32.3 Å². The monoisotopic (exact) mass is 271 g/mol. The summed E-state index contributed by atoms with van der Waals surface area (Å²) in [7, 11) is 0. The van der Waals surface area contributed by atoms with Crippen molar-refractivity contribution < 1.29 is 5.11 Å². The first-order chi connectivity index (χ1) is 7.04. The Labute approximate surface area is 99.8 Å². The number of hydrogen-bond acceptors (Lipinski definition) is 2. The van der Waals surface area contributed by atoms with Gasteiger partial charge in [-0.2, -0.15) is 0 Å². The summed E-state index contributed by atoms with van der Waals surface area (Å²) in [6, 6.07) is 4.15. The summed E-state index contributed by atoms with van der Waals surface area (Å²) in [6.45, 7) is 6.73. The second-order valence-corrected chi connectivity index (χ2v) is 4.77. The third-order valence-electron chi connectivity index (χ3n) is 2.48. The Morgan fingerprint density at radius 3 is 2.33 bits per heavy atom. The van der Waals surface area contributed by atoms with Crippen LogP contribution in [0, 0.1) is 13.8 Å². The van der Waals surface area contributed by atoms with Gasteiger partial charge in [-0.15, -0.1) is 0 Å². The number of nitrogens with one attached hydrogen (secondary N) is 1. The first-order valence-electron chi connectivity index (χ1n) is 5.23. The van der Waals surface area contributed by atoms with Crippen molar-refractivity contribution in [3.63, 3.8) is 0 Å². The van der Waals surface area contributed by atoms with E-state index < -0.39 is 0 Å². The summed E-state index contributed by atoms with van der Waals surface area (Å²) in [5, 5.41) is 12.8. The van der Waals surface area contributed by atoms with Crippen molar-refractivity contribution in [1.82, 2.24) is 0 Å². The summed E-state index contributed by atoms with van der Waals surface area (Å²) in [5.41, 5.74) is 3.53. The molecule has 0 aliphatic carbocycles. The van der Waals surface area contributed by atoms with E-state index in [1.54, 1.807) is 0 Å². The van der Waals surface area contributed by atoms with Gasteiger partial charge in [0.2, 0.25) is 0 Å². The van der Waals surface area contributed by atoms with E-state index in [4.69, 9.17) is 0 Å². The minimum Gasteiger partial charge on any atom is -0.391 e. The number of aryl methyl sites for hydroxylation is 2. The summed E-state index contributed by atoms with van der Waals surface area (Å²) >= 11 is 3.46. The fraction of sp³-hybridized carbons (Fsp3) is 0.500. The molecular weight excluding hydrogens is 254 g/mol. The Hall–Kier alpha value is -0.540. The molecule has 1 rings (SSSR count). The molecule has 2 N–H and O–H groups in total. The van der Waals surface area contributed by atoms with Crippen molar-refractivity contribution in [2.75, 3.05) is 11.9 Å². The summed E-state index contributed by atoms with van der Waals surface area (Å²) in [5.74, 6) is 0. The van der Waals surface area contributed by atoms with E-state index in [0.717, 1.165) is 16.6 Å². The average Bonchev–Trinajstić information content (AvgIpc) is 2.15. The van der Waals surface area contributed by atoms with Crippen molar-refractivity contribution in [3.8, 4) is 0 Å².